The van der Waals surface area contributed by atoms with Crippen molar-refractivity contribution in [3.63, 3.8) is 0 Å². The minimum Gasteiger partial charge on any atom is -0.280 e. The fraction of sp³-hybridized carbons (Fsp3) is 0. The van der Waals surface area contributed by atoms with E-state index in [0.29, 0.717) is 0 Å². The molecule has 3 rings (SSSR count). The highest BCUT2D eigenvalue weighted by atomic mass is 15.4. The quantitative estimate of drug-likeness (QED) is 0.421. The molecule has 0 aromatic heterocycles. The summed E-state index contributed by atoms with van der Waals surface area (Å²) in [5.41, 5.74) is 4.27. The van der Waals surface area contributed by atoms with Crippen molar-refractivity contribution in [2.24, 2.45) is 5.84 Å². The molecule has 0 heterocycles. The second-order valence-electron chi connectivity index (χ2n) is 5.04. The zero-order valence-corrected chi connectivity index (χ0v) is 12.3. The van der Waals surface area contributed by atoms with Gasteiger partial charge < -0.3 is 0 Å². The van der Waals surface area contributed by atoms with E-state index in [9.17, 15) is 0 Å². The number of rotatable bonds is 4. The van der Waals surface area contributed by atoms with Crippen LogP contribution in [0.1, 0.15) is 11.1 Å². The fourth-order valence-electron chi connectivity index (χ4n) is 2.24. The smallest absolute Gasteiger partial charge is 0.0575 e. The molecule has 108 valence electrons. The van der Waals surface area contributed by atoms with Crippen LogP contribution >= 0.6 is 0 Å². The summed E-state index contributed by atoms with van der Waals surface area (Å²) in [4.78, 5) is 0. The van der Waals surface area contributed by atoms with Crippen molar-refractivity contribution in [1.82, 2.24) is 0 Å². The van der Waals surface area contributed by atoms with E-state index in [-0.39, 0.29) is 0 Å². The molecule has 0 unspecified atom stereocenters. The average Bonchev–Trinajstić information content (AvgIpc) is 2.61. The number of nitrogens with two attached hydrogens (primary N) is 1. The molecule has 3 aromatic rings. The molecule has 2 nitrogen and oxygen atoms in total. The Morgan fingerprint density at radius 2 is 1.00 bits per heavy atom. The van der Waals surface area contributed by atoms with Gasteiger partial charge in [-0.1, -0.05) is 72.8 Å². The maximum Gasteiger partial charge on any atom is 0.0575 e. The zero-order valence-electron chi connectivity index (χ0n) is 12.3. The van der Waals surface area contributed by atoms with Crippen molar-refractivity contribution in [3.05, 3.63) is 96.1 Å². The Kier molecular flexibility index (Phi) is 4.33. The highest BCUT2D eigenvalue weighted by Gasteiger charge is 2.02. The number of hydrazine groups is 1. The summed E-state index contributed by atoms with van der Waals surface area (Å²) in [5.74, 6) is 6.15. The van der Waals surface area contributed by atoms with Gasteiger partial charge in [0.2, 0.25) is 0 Å². The van der Waals surface area contributed by atoms with Gasteiger partial charge in [0.05, 0.1) is 11.4 Å². The van der Waals surface area contributed by atoms with Crippen LogP contribution in [0.3, 0.4) is 0 Å². The standard InChI is InChI=1S/C20H18N2/c21-22(19-9-5-2-6-10-19)20-15-13-18(14-16-20)12-11-17-7-3-1-4-8-17/h1-16H,21H2/b12-11+. The van der Waals surface area contributed by atoms with Crippen LogP contribution in [0.15, 0.2) is 84.9 Å². The first-order valence-electron chi connectivity index (χ1n) is 7.26. The number of nitrogens with zero attached hydrogens (tertiary/aromatic N) is 1. The van der Waals surface area contributed by atoms with E-state index in [1.54, 1.807) is 5.01 Å². The molecule has 0 saturated heterocycles. The lowest BCUT2D eigenvalue weighted by molar-refractivity contribution is 1.09. The predicted octanol–water partition coefficient (Wildman–Crippen LogP) is 4.87. The molecule has 22 heavy (non-hydrogen) atoms. The molecule has 0 aliphatic heterocycles. The molecule has 0 bridgehead atoms. The molecule has 0 aliphatic carbocycles. The van der Waals surface area contributed by atoms with Crippen LogP contribution < -0.4 is 10.9 Å². The molecule has 2 N–H and O–H groups in total. The monoisotopic (exact) mass is 286 g/mol. The molecular formula is C20H18N2. The molecule has 0 fully saturated rings. The van der Waals surface area contributed by atoms with E-state index < -0.39 is 0 Å². The summed E-state index contributed by atoms with van der Waals surface area (Å²) in [6.07, 6.45) is 4.20. The highest BCUT2D eigenvalue weighted by Crippen LogP contribution is 2.22. The second-order valence-corrected chi connectivity index (χ2v) is 5.04. The zero-order chi connectivity index (χ0) is 15.2. The van der Waals surface area contributed by atoms with Gasteiger partial charge in [0.25, 0.3) is 0 Å². The van der Waals surface area contributed by atoms with Crippen molar-refractivity contribution >= 4 is 23.5 Å². The predicted molar refractivity (Wildman–Crippen MR) is 94.6 cm³/mol. The van der Waals surface area contributed by atoms with Gasteiger partial charge in [-0.15, -0.1) is 0 Å². The Labute approximate surface area is 131 Å². The summed E-state index contributed by atoms with van der Waals surface area (Å²) in [6.45, 7) is 0. The summed E-state index contributed by atoms with van der Waals surface area (Å²) in [5, 5.41) is 1.69. The molecule has 3 aromatic carbocycles. The maximum atomic E-state index is 6.15. The molecule has 0 amide bonds. The van der Waals surface area contributed by atoms with Crippen LogP contribution in [-0.2, 0) is 0 Å². The van der Waals surface area contributed by atoms with Gasteiger partial charge in [-0.05, 0) is 35.4 Å². The van der Waals surface area contributed by atoms with Crippen molar-refractivity contribution in [1.29, 1.82) is 0 Å². The van der Waals surface area contributed by atoms with E-state index in [0.717, 1.165) is 16.9 Å². The van der Waals surface area contributed by atoms with Crippen LogP contribution in [0.4, 0.5) is 11.4 Å². The third-order valence-corrected chi connectivity index (χ3v) is 3.47. The number of hydrogen-bond acceptors (Lipinski definition) is 2. The van der Waals surface area contributed by atoms with E-state index in [2.05, 4.69) is 36.4 Å². The fourth-order valence-corrected chi connectivity index (χ4v) is 2.24. The van der Waals surface area contributed by atoms with E-state index in [4.69, 9.17) is 5.84 Å². The lowest BCUT2D eigenvalue weighted by Gasteiger charge is -2.18. The van der Waals surface area contributed by atoms with Gasteiger partial charge in [-0.3, -0.25) is 5.01 Å². The van der Waals surface area contributed by atoms with Gasteiger partial charge in [0, 0.05) is 0 Å². The second kappa shape index (κ2) is 6.74. The number of para-hydroxylation sites is 1. The van der Waals surface area contributed by atoms with Gasteiger partial charge in [-0.25, -0.2) is 5.84 Å². The molecule has 0 atom stereocenters. The van der Waals surface area contributed by atoms with E-state index >= 15 is 0 Å². The van der Waals surface area contributed by atoms with Crippen molar-refractivity contribution in [2.75, 3.05) is 5.01 Å². The first-order valence-corrected chi connectivity index (χ1v) is 7.26. The third-order valence-electron chi connectivity index (χ3n) is 3.47. The highest BCUT2D eigenvalue weighted by molar-refractivity contribution is 5.71. The van der Waals surface area contributed by atoms with Crippen molar-refractivity contribution < 1.29 is 0 Å². The average molecular weight is 286 g/mol. The summed E-state index contributed by atoms with van der Waals surface area (Å²) in [6, 6.07) is 28.4. The minimum atomic E-state index is 0.961. The largest absolute Gasteiger partial charge is 0.280 e. The van der Waals surface area contributed by atoms with E-state index in [1.807, 2.05) is 60.7 Å². The summed E-state index contributed by atoms with van der Waals surface area (Å²) in [7, 11) is 0. The maximum absolute atomic E-state index is 6.15. The summed E-state index contributed by atoms with van der Waals surface area (Å²) >= 11 is 0. The van der Waals surface area contributed by atoms with Crippen LogP contribution in [-0.4, -0.2) is 0 Å². The molecule has 0 aliphatic rings. The van der Waals surface area contributed by atoms with E-state index in [1.165, 1.54) is 5.56 Å². The van der Waals surface area contributed by atoms with Gasteiger partial charge >= 0.3 is 0 Å². The third kappa shape index (κ3) is 3.43. The molecule has 0 spiro atoms. The van der Waals surface area contributed by atoms with Crippen molar-refractivity contribution in [3.8, 4) is 0 Å². The van der Waals surface area contributed by atoms with Crippen LogP contribution in [0.2, 0.25) is 0 Å². The molecule has 2 heteroatoms. The van der Waals surface area contributed by atoms with Gasteiger partial charge in [-0.2, -0.15) is 0 Å². The Morgan fingerprint density at radius 3 is 1.59 bits per heavy atom. The van der Waals surface area contributed by atoms with Crippen LogP contribution in [0, 0.1) is 0 Å². The van der Waals surface area contributed by atoms with Gasteiger partial charge in [0.15, 0.2) is 0 Å². The molecule has 0 saturated carbocycles. The van der Waals surface area contributed by atoms with Crippen LogP contribution in [0.25, 0.3) is 12.2 Å². The summed E-state index contributed by atoms with van der Waals surface area (Å²) < 4.78 is 0. The first-order chi connectivity index (χ1) is 10.8. The lowest BCUT2D eigenvalue weighted by atomic mass is 10.1. The topological polar surface area (TPSA) is 29.3 Å². The van der Waals surface area contributed by atoms with Crippen molar-refractivity contribution in [2.45, 2.75) is 0 Å². The minimum absolute atomic E-state index is 0.961. The number of hydrogen-bond donors (Lipinski definition) is 1. The lowest BCUT2D eigenvalue weighted by Crippen LogP contribution is -2.24. The Bertz CT molecular complexity index is 732. The number of benzene rings is 3. The molecule has 0 radical (unpaired) electrons. The Hall–Kier alpha value is -2.84. The normalized spacial score (nSPS) is 10.8. The Morgan fingerprint density at radius 1 is 0.545 bits per heavy atom. The number of anilines is 2. The molecular weight excluding hydrogens is 268 g/mol. The SMILES string of the molecule is NN(c1ccccc1)c1ccc(/C=C/c2ccccc2)cc1. The first kappa shape index (κ1) is 14.1. The van der Waals surface area contributed by atoms with Crippen LogP contribution in [0.5, 0.6) is 0 Å². The van der Waals surface area contributed by atoms with Gasteiger partial charge in [0.1, 0.15) is 0 Å². The Balaban J connectivity index is 1.74.